The molecule has 1 unspecified atom stereocenters. The molecule has 6 heteroatoms. The van der Waals surface area contributed by atoms with E-state index < -0.39 is 0 Å². The Bertz CT molecular complexity index is 464. The van der Waals surface area contributed by atoms with Crippen LogP contribution >= 0.6 is 35.7 Å². The lowest BCUT2D eigenvalue weighted by molar-refractivity contribution is 0.129. The number of aliphatic imine (C=N–C) groups is 1. The third-order valence-corrected chi connectivity index (χ3v) is 4.92. The number of hydrogen-bond donors (Lipinski definition) is 1. The Balaban J connectivity index is 0.00000264. The smallest absolute Gasteiger partial charge is 0.193 e. The molecule has 1 aromatic carbocycles. The molecule has 130 valence electrons. The number of halogens is 1. The second kappa shape index (κ2) is 11.0. The predicted molar refractivity (Wildman–Crippen MR) is 111 cm³/mol. The Kier molecular flexibility index (Phi) is 9.78. The van der Waals surface area contributed by atoms with Gasteiger partial charge in [-0.25, -0.2) is 0 Å². The van der Waals surface area contributed by atoms with Crippen LogP contribution in [-0.2, 0) is 0 Å². The molecular weight excluding hydrogens is 421 g/mol. The molecule has 0 saturated carbocycles. The Morgan fingerprint density at radius 3 is 2.57 bits per heavy atom. The van der Waals surface area contributed by atoms with Crippen molar-refractivity contribution in [2.45, 2.75) is 31.1 Å². The summed E-state index contributed by atoms with van der Waals surface area (Å²) < 4.78 is 6.04. The first-order valence-corrected chi connectivity index (χ1v) is 9.21. The van der Waals surface area contributed by atoms with Crippen molar-refractivity contribution in [1.29, 1.82) is 0 Å². The molecule has 1 aliphatic rings. The van der Waals surface area contributed by atoms with Gasteiger partial charge in [0.15, 0.2) is 5.96 Å². The van der Waals surface area contributed by atoms with Crippen LogP contribution in [0.2, 0.25) is 0 Å². The van der Waals surface area contributed by atoms with Crippen molar-refractivity contribution in [3.63, 3.8) is 0 Å². The zero-order valence-corrected chi connectivity index (χ0v) is 17.3. The van der Waals surface area contributed by atoms with Crippen LogP contribution in [0, 0.1) is 0 Å². The molecule has 1 fully saturated rings. The van der Waals surface area contributed by atoms with Crippen LogP contribution in [0.4, 0.5) is 0 Å². The maximum atomic E-state index is 6.04. The summed E-state index contributed by atoms with van der Waals surface area (Å²) in [6.07, 6.45) is 4.52. The summed E-state index contributed by atoms with van der Waals surface area (Å²) in [7, 11) is 1.86. The van der Waals surface area contributed by atoms with Gasteiger partial charge in [-0.3, -0.25) is 4.99 Å². The molecular formula is C17H28IN3OS. The summed E-state index contributed by atoms with van der Waals surface area (Å²) in [5.41, 5.74) is 0. The van der Waals surface area contributed by atoms with Crippen LogP contribution in [0.15, 0.2) is 35.3 Å². The predicted octanol–water partition coefficient (Wildman–Crippen LogP) is 3.47. The van der Waals surface area contributed by atoms with E-state index in [1.807, 2.05) is 49.1 Å². The Morgan fingerprint density at radius 1 is 1.35 bits per heavy atom. The Morgan fingerprint density at radius 2 is 2.00 bits per heavy atom. The lowest BCUT2D eigenvalue weighted by atomic mass is 10.1. The van der Waals surface area contributed by atoms with Crippen molar-refractivity contribution in [1.82, 2.24) is 10.2 Å². The van der Waals surface area contributed by atoms with E-state index in [1.54, 1.807) is 0 Å². The lowest BCUT2D eigenvalue weighted by Gasteiger charge is -2.34. The monoisotopic (exact) mass is 449 g/mol. The van der Waals surface area contributed by atoms with Gasteiger partial charge in [0.1, 0.15) is 11.9 Å². The van der Waals surface area contributed by atoms with Gasteiger partial charge < -0.3 is 15.0 Å². The SMILES string of the molecule is CN=C(NCC(C)SC)N1CCC(Oc2ccccc2)CC1.I. The van der Waals surface area contributed by atoms with E-state index in [4.69, 9.17) is 4.74 Å². The molecule has 2 rings (SSSR count). The minimum absolute atomic E-state index is 0. The normalized spacial score (nSPS) is 17.3. The fraction of sp³-hybridized carbons (Fsp3) is 0.588. The number of hydrogen-bond acceptors (Lipinski definition) is 3. The maximum absolute atomic E-state index is 6.04. The third-order valence-electron chi connectivity index (χ3n) is 3.95. The lowest BCUT2D eigenvalue weighted by Crippen LogP contribution is -2.48. The third kappa shape index (κ3) is 6.79. The fourth-order valence-corrected chi connectivity index (χ4v) is 2.78. The van der Waals surface area contributed by atoms with Crippen LogP contribution in [0.25, 0.3) is 0 Å². The first-order chi connectivity index (χ1) is 10.7. The highest BCUT2D eigenvalue weighted by Crippen LogP contribution is 2.18. The minimum Gasteiger partial charge on any atom is -0.490 e. The van der Waals surface area contributed by atoms with Crippen molar-refractivity contribution < 1.29 is 4.74 Å². The molecule has 1 heterocycles. The number of ether oxygens (including phenoxy) is 1. The van der Waals surface area contributed by atoms with E-state index in [9.17, 15) is 0 Å². The molecule has 0 radical (unpaired) electrons. The van der Waals surface area contributed by atoms with Crippen molar-refractivity contribution in [3.8, 4) is 5.75 Å². The van der Waals surface area contributed by atoms with Gasteiger partial charge in [-0.15, -0.1) is 24.0 Å². The summed E-state index contributed by atoms with van der Waals surface area (Å²) in [4.78, 5) is 6.74. The van der Waals surface area contributed by atoms with E-state index in [0.717, 1.165) is 44.2 Å². The van der Waals surface area contributed by atoms with Crippen molar-refractivity contribution >= 4 is 41.7 Å². The molecule has 1 aliphatic heterocycles. The summed E-state index contributed by atoms with van der Waals surface area (Å²) in [5.74, 6) is 1.98. The molecule has 0 bridgehead atoms. The van der Waals surface area contributed by atoms with Gasteiger partial charge in [-0.05, 0) is 18.4 Å². The maximum Gasteiger partial charge on any atom is 0.193 e. The van der Waals surface area contributed by atoms with E-state index in [-0.39, 0.29) is 24.0 Å². The standard InChI is InChI=1S/C17H27N3OS.HI/c1-14(22-3)13-19-17(18-2)20-11-9-16(10-12-20)21-15-7-5-4-6-8-15;/h4-8,14,16H,9-13H2,1-3H3,(H,18,19);1H. The van der Waals surface area contributed by atoms with E-state index in [1.165, 1.54) is 0 Å². The van der Waals surface area contributed by atoms with E-state index >= 15 is 0 Å². The van der Waals surface area contributed by atoms with Gasteiger partial charge in [0.05, 0.1) is 0 Å². The molecule has 0 aliphatic carbocycles. The van der Waals surface area contributed by atoms with Crippen LogP contribution < -0.4 is 10.1 Å². The van der Waals surface area contributed by atoms with Crippen LogP contribution in [0.1, 0.15) is 19.8 Å². The second-order valence-corrected chi connectivity index (χ2v) is 6.87. The highest BCUT2D eigenvalue weighted by Gasteiger charge is 2.22. The van der Waals surface area contributed by atoms with Crippen LogP contribution in [0.5, 0.6) is 5.75 Å². The summed E-state index contributed by atoms with van der Waals surface area (Å²) in [6, 6.07) is 10.1. The minimum atomic E-state index is 0. The molecule has 4 nitrogen and oxygen atoms in total. The van der Waals surface area contributed by atoms with Crippen molar-refractivity contribution in [2.24, 2.45) is 4.99 Å². The molecule has 1 N–H and O–H groups in total. The van der Waals surface area contributed by atoms with Crippen LogP contribution in [-0.4, -0.2) is 55.2 Å². The van der Waals surface area contributed by atoms with Crippen molar-refractivity contribution in [2.75, 3.05) is 32.9 Å². The van der Waals surface area contributed by atoms with Crippen LogP contribution in [0.3, 0.4) is 0 Å². The first-order valence-electron chi connectivity index (χ1n) is 7.93. The Labute approximate surface area is 161 Å². The van der Waals surface area contributed by atoms with Gasteiger partial charge >= 0.3 is 0 Å². The fourth-order valence-electron chi connectivity index (χ4n) is 2.53. The number of piperidine rings is 1. The number of likely N-dealkylation sites (tertiary alicyclic amines) is 1. The van der Waals surface area contributed by atoms with Gasteiger partial charge in [-0.2, -0.15) is 11.8 Å². The number of benzene rings is 1. The quantitative estimate of drug-likeness (QED) is 0.425. The topological polar surface area (TPSA) is 36.9 Å². The molecule has 1 atom stereocenters. The summed E-state index contributed by atoms with van der Waals surface area (Å²) >= 11 is 1.87. The Hall–Kier alpha value is -0.630. The van der Waals surface area contributed by atoms with Gasteiger partial charge in [0.25, 0.3) is 0 Å². The number of rotatable bonds is 5. The number of nitrogens with zero attached hydrogens (tertiary/aromatic N) is 2. The summed E-state index contributed by atoms with van der Waals surface area (Å²) in [6.45, 7) is 5.16. The average molecular weight is 449 g/mol. The molecule has 1 saturated heterocycles. The number of guanidine groups is 1. The number of para-hydroxylation sites is 1. The van der Waals surface area contributed by atoms with E-state index in [0.29, 0.717) is 11.4 Å². The molecule has 0 amide bonds. The van der Waals surface area contributed by atoms with Gasteiger partial charge in [0, 0.05) is 44.8 Å². The number of nitrogens with one attached hydrogen (secondary N) is 1. The zero-order valence-electron chi connectivity index (χ0n) is 14.2. The molecule has 0 spiro atoms. The van der Waals surface area contributed by atoms with Gasteiger partial charge in [-0.1, -0.05) is 25.1 Å². The summed E-state index contributed by atoms with van der Waals surface area (Å²) in [5, 5.41) is 4.06. The first kappa shape index (κ1) is 20.4. The molecule has 1 aromatic rings. The highest BCUT2D eigenvalue weighted by molar-refractivity contribution is 14.0. The van der Waals surface area contributed by atoms with E-state index in [2.05, 4.69) is 28.4 Å². The molecule has 0 aromatic heterocycles. The zero-order chi connectivity index (χ0) is 15.8. The largest absolute Gasteiger partial charge is 0.490 e. The highest BCUT2D eigenvalue weighted by atomic mass is 127. The molecule has 23 heavy (non-hydrogen) atoms. The van der Waals surface area contributed by atoms with Gasteiger partial charge in [0.2, 0.25) is 0 Å². The second-order valence-electron chi connectivity index (χ2n) is 5.59. The average Bonchev–Trinajstić information content (AvgIpc) is 2.57. The number of thioether (sulfide) groups is 1. The van der Waals surface area contributed by atoms with Crippen molar-refractivity contribution in [3.05, 3.63) is 30.3 Å².